The molecule has 3 heteroatoms. The summed E-state index contributed by atoms with van der Waals surface area (Å²) in [7, 11) is 0. The van der Waals surface area contributed by atoms with Gasteiger partial charge in [0.15, 0.2) is 0 Å². The van der Waals surface area contributed by atoms with E-state index >= 15 is 0 Å². The zero-order valence-corrected chi connectivity index (χ0v) is 9.74. The molecule has 0 unspecified atom stereocenters. The van der Waals surface area contributed by atoms with Crippen LogP contribution in [0.15, 0.2) is 18.2 Å². The van der Waals surface area contributed by atoms with Gasteiger partial charge in [0.1, 0.15) is 11.5 Å². The molecule has 90 valence electrons. The Labute approximate surface area is 100 Å². The summed E-state index contributed by atoms with van der Waals surface area (Å²) in [5.41, 5.74) is 1.18. The number of aliphatic hydroxyl groups is 1. The Bertz CT molecular complexity index is 455. The Balaban J connectivity index is 1.99. The van der Waals surface area contributed by atoms with E-state index < -0.39 is 5.60 Å². The lowest BCUT2D eigenvalue weighted by Gasteiger charge is -2.32. The molecule has 17 heavy (non-hydrogen) atoms. The molecule has 1 aromatic carbocycles. The first kappa shape index (κ1) is 10.8. The predicted molar refractivity (Wildman–Crippen MR) is 63.0 cm³/mol. The highest BCUT2D eigenvalue weighted by Crippen LogP contribution is 2.43. The minimum atomic E-state index is -0.871. The number of benzene rings is 1. The van der Waals surface area contributed by atoms with Crippen LogP contribution in [0.4, 0.5) is 0 Å². The van der Waals surface area contributed by atoms with Crippen molar-refractivity contribution >= 4 is 5.78 Å². The Hall–Kier alpha value is -1.35. The van der Waals surface area contributed by atoms with Crippen LogP contribution in [0.2, 0.25) is 0 Å². The number of hydrogen-bond acceptors (Lipinski definition) is 3. The van der Waals surface area contributed by atoms with Crippen LogP contribution >= 0.6 is 0 Å². The molecular weight excluding hydrogens is 216 g/mol. The molecule has 3 rings (SSSR count). The molecule has 1 aliphatic heterocycles. The average Bonchev–Trinajstić information content (AvgIpc) is 2.81. The third kappa shape index (κ3) is 1.75. The monoisotopic (exact) mass is 232 g/mol. The van der Waals surface area contributed by atoms with Crippen molar-refractivity contribution in [1.82, 2.24) is 0 Å². The van der Waals surface area contributed by atoms with E-state index in [9.17, 15) is 9.90 Å². The van der Waals surface area contributed by atoms with Gasteiger partial charge in [0.25, 0.3) is 0 Å². The molecule has 1 heterocycles. The first-order valence-corrected chi connectivity index (χ1v) is 6.18. The lowest BCUT2D eigenvalue weighted by molar-refractivity contribution is -0.125. The molecule has 1 fully saturated rings. The second-order valence-corrected chi connectivity index (χ2v) is 4.96. The minimum Gasteiger partial charge on any atom is -0.493 e. The van der Waals surface area contributed by atoms with Gasteiger partial charge in [-0.2, -0.15) is 0 Å². The molecule has 1 saturated carbocycles. The standard InChI is InChI=1S/C14H16O3/c15-11-4-7-14(16,8-5-11)12-3-1-2-10-6-9-17-13(10)12/h1-3,16H,4-9H2. The largest absolute Gasteiger partial charge is 0.493 e. The second-order valence-electron chi connectivity index (χ2n) is 4.96. The topological polar surface area (TPSA) is 46.5 Å². The molecule has 0 atom stereocenters. The fraction of sp³-hybridized carbons (Fsp3) is 0.500. The summed E-state index contributed by atoms with van der Waals surface area (Å²) in [6, 6.07) is 5.94. The van der Waals surface area contributed by atoms with E-state index in [1.54, 1.807) is 0 Å². The molecule has 1 aliphatic carbocycles. The van der Waals surface area contributed by atoms with Crippen LogP contribution < -0.4 is 4.74 Å². The molecule has 0 saturated heterocycles. The van der Waals surface area contributed by atoms with E-state index in [4.69, 9.17) is 4.74 Å². The SMILES string of the molecule is O=C1CCC(O)(c2cccc3c2OCC3)CC1. The van der Waals surface area contributed by atoms with Gasteiger partial charge >= 0.3 is 0 Å². The fourth-order valence-electron chi connectivity index (χ4n) is 2.79. The lowest BCUT2D eigenvalue weighted by atomic mass is 9.78. The van der Waals surface area contributed by atoms with Crippen LogP contribution in [0.1, 0.15) is 36.8 Å². The number of para-hydroxylation sites is 1. The molecule has 1 aromatic rings. The van der Waals surface area contributed by atoms with Crippen molar-refractivity contribution in [3.05, 3.63) is 29.3 Å². The maximum Gasteiger partial charge on any atom is 0.133 e. The normalized spacial score (nSPS) is 22.1. The molecule has 1 N–H and O–H groups in total. The van der Waals surface area contributed by atoms with Crippen molar-refractivity contribution in [1.29, 1.82) is 0 Å². The summed E-state index contributed by atoms with van der Waals surface area (Å²) in [6.07, 6.45) is 2.90. The van der Waals surface area contributed by atoms with Gasteiger partial charge in [-0.3, -0.25) is 4.79 Å². The Morgan fingerprint density at radius 3 is 2.71 bits per heavy atom. The Morgan fingerprint density at radius 1 is 1.18 bits per heavy atom. The molecular formula is C14H16O3. The smallest absolute Gasteiger partial charge is 0.133 e. The van der Waals surface area contributed by atoms with Crippen molar-refractivity contribution < 1.29 is 14.6 Å². The molecule has 0 spiro atoms. The summed E-state index contributed by atoms with van der Waals surface area (Å²) in [6.45, 7) is 0.696. The summed E-state index contributed by atoms with van der Waals surface area (Å²) in [5.74, 6) is 1.10. The Kier molecular flexibility index (Phi) is 2.44. The van der Waals surface area contributed by atoms with Crippen LogP contribution in [0.25, 0.3) is 0 Å². The summed E-state index contributed by atoms with van der Waals surface area (Å²) >= 11 is 0. The van der Waals surface area contributed by atoms with Gasteiger partial charge in [0.05, 0.1) is 12.2 Å². The minimum absolute atomic E-state index is 0.253. The number of fused-ring (bicyclic) bond motifs is 1. The van der Waals surface area contributed by atoms with E-state index in [-0.39, 0.29) is 5.78 Å². The van der Waals surface area contributed by atoms with Crippen LogP contribution in [0, 0.1) is 0 Å². The van der Waals surface area contributed by atoms with Gasteiger partial charge in [-0.25, -0.2) is 0 Å². The number of Topliss-reactive ketones (excluding diaryl/α,β-unsaturated/α-hetero) is 1. The summed E-state index contributed by atoms with van der Waals surface area (Å²) in [4.78, 5) is 11.3. The summed E-state index contributed by atoms with van der Waals surface area (Å²) in [5, 5.41) is 10.7. The van der Waals surface area contributed by atoms with Gasteiger partial charge in [-0.15, -0.1) is 0 Å². The maximum atomic E-state index is 11.3. The highest BCUT2D eigenvalue weighted by Gasteiger charge is 2.37. The number of hydrogen-bond donors (Lipinski definition) is 1. The first-order valence-electron chi connectivity index (χ1n) is 6.18. The van der Waals surface area contributed by atoms with Crippen molar-refractivity contribution in [2.45, 2.75) is 37.7 Å². The van der Waals surface area contributed by atoms with Crippen LogP contribution in [0.5, 0.6) is 5.75 Å². The van der Waals surface area contributed by atoms with Crippen molar-refractivity contribution in [3.8, 4) is 5.75 Å². The zero-order valence-electron chi connectivity index (χ0n) is 9.74. The van der Waals surface area contributed by atoms with Gasteiger partial charge in [0, 0.05) is 24.8 Å². The van der Waals surface area contributed by atoms with E-state index in [1.807, 2.05) is 18.2 Å². The highest BCUT2D eigenvalue weighted by molar-refractivity contribution is 5.79. The Morgan fingerprint density at radius 2 is 1.94 bits per heavy atom. The van der Waals surface area contributed by atoms with Crippen molar-refractivity contribution in [2.24, 2.45) is 0 Å². The third-order valence-electron chi connectivity index (χ3n) is 3.85. The van der Waals surface area contributed by atoms with E-state index in [1.165, 1.54) is 5.56 Å². The average molecular weight is 232 g/mol. The number of carbonyl (C=O) groups is 1. The predicted octanol–water partition coefficient (Wildman–Crippen LogP) is 1.95. The number of rotatable bonds is 1. The van der Waals surface area contributed by atoms with Crippen LogP contribution in [-0.4, -0.2) is 17.5 Å². The fourth-order valence-corrected chi connectivity index (χ4v) is 2.79. The molecule has 3 nitrogen and oxygen atoms in total. The number of ether oxygens (including phenoxy) is 1. The van der Waals surface area contributed by atoms with Gasteiger partial charge in [-0.05, 0) is 18.4 Å². The zero-order chi connectivity index (χ0) is 11.9. The van der Waals surface area contributed by atoms with Crippen molar-refractivity contribution in [2.75, 3.05) is 6.61 Å². The second kappa shape index (κ2) is 3.84. The lowest BCUT2D eigenvalue weighted by Crippen LogP contribution is -2.32. The molecule has 0 bridgehead atoms. The highest BCUT2D eigenvalue weighted by atomic mass is 16.5. The van der Waals surface area contributed by atoms with E-state index in [2.05, 4.69) is 0 Å². The van der Waals surface area contributed by atoms with Crippen molar-refractivity contribution in [3.63, 3.8) is 0 Å². The first-order chi connectivity index (χ1) is 8.19. The van der Waals surface area contributed by atoms with Crippen LogP contribution in [-0.2, 0) is 16.8 Å². The number of ketones is 1. The number of carbonyl (C=O) groups excluding carboxylic acids is 1. The van der Waals surface area contributed by atoms with Gasteiger partial charge in [0.2, 0.25) is 0 Å². The quantitative estimate of drug-likeness (QED) is 0.805. The summed E-state index contributed by atoms with van der Waals surface area (Å²) < 4.78 is 5.63. The van der Waals surface area contributed by atoms with Gasteiger partial charge < -0.3 is 9.84 Å². The maximum absolute atomic E-state index is 11.3. The van der Waals surface area contributed by atoms with E-state index in [0.717, 1.165) is 17.7 Å². The third-order valence-corrected chi connectivity index (χ3v) is 3.85. The molecule has 0 radical (unpaired) electrons. The molecule has 0 amide bonds. The van der Waals surface area contributed by atoms with Crippen LogP contribution in [0.3, 0.4) is 0 Å². The molecule has 2 aliphatic rings. The van der Waals surface area contributed by atoms with Gasteiger partial charge in [-0.1, -0.05) is 18.2 Å². The van der Waals surface area contributed by atoms with E-state index in [0.29, 0.717) is 32.3 Å². The molecule has 0 aromatic heterocycles.